The highest BCUT2D eigenvalue weighted by molar-refractivity contribution is 5.84. The Morgan fingerprint density at radius 3 is 2.89 bits per heavy atom. The van der Waals surface area contributed by atoms with Crippen LogP contribution < -0.4 is 11.1 Å². The van der Waals surface area contributed by atoms with Gasteiger partial charge in [0.2, 0.25) is 0 Å². The fourth-order valence-corrected chi connectivity index (χ4v) is 2.95. The number of nitrogens with two attached hydrogens (primary N) is 1. The van der Waals surface area contributed by atoms with Crippen molar-refractivity contribution in [1.29, 1.82) is 0 Å². The summed E-state index contributed by atoms with van der Waals surface area (Å²) in [5.74, 6) is 0.702. The number of aromatic nitrogens is 4. The number of anilines is 3. The van der Waals surface area contributed by atoms with Crippen LogP contribution in [-0.2, 0) is 6.54 Å². The monoisotopic (exact) mass is 360 g/mol. The lowest BCUT2D eigenvalue weighted by molar-refractivity contribution is 0.621. The van der Waals surface area contributed by atoms with Gasteiger partial charge in [0.25, 0.3) is 0 Å². The van der Waals surface area contributed by atoms with E-state index in [1.807, 2.05) is 28.9 Å². The molecule has 3 N–H and O–H groups in total. The number of nitrogen functional groups attached to an aromatic ring is 1. The standard InChI is InChI=1S/C20H17FN6/c1-2-17-19(22)23-12-24-20(17)26-16-6-7-18-14(9-16)10-25-27(18)11-13-4-3-5-15(21)8-13/h2-10,12H,1,11H2,(H3,22,23,24,26). The summed E-state index contributed by atoms with van der Waals surface area (Å²) in [6.07, 6.45) is 4.80. The minimum absolute atomic E-state index is 0.252. The van der Waals surface area contributed by atoms with Gasteiger partial charge in [-0.25, -0.2) is 14.4 Å². The van der Waals surface area contributed by atoms with E-state index < -0.39 is 0 Å². The van der Waals surface area contributed by atoms with Crippen molar-refractivity contribution < 1.29 is 4.39 Å². The Kier molecular flexibility index (Phi) is 4.25. The lowest BCUT2D eigenvalue weighted by Gasteiger charge is -2.10. The molecule has 0 aliphatic rings. The van der Waals surface area contributed by atoms with Crippen LogP contribution in [0.1, 0.15) is 11.1 Å². The molecule has 0 saturated heterocycles. The summed E-state index contributed by atoms with van der Waals surface area (Å²) in [7, 11) is 0. The third-order valence-electron chi connectivity index (χ3n) is 4.24. The van der Waals surface area contributed by atoms with Gasteiger partial charge >= 0.3 is 0 Å². The number of hydrogen-bond donors (Lipinski definition) is 2. The number of rotatable bonds is 5. The molecule has 0 bridgehead atoms. The molecule has 0 amide bonds. The molecule has 0 atom stereocenters. The Bertz CT molecular complexity index is 1130. The van der Waals surface area contributed by atoms with Crippen molar-refractivity contribution in [1.82, 2.24) is 19.7 Å². The molecule has 0 fully saturated rings. The molecular weight excluding hydrogens is 343 g/mol. The molecule has 4 aromatic rings. The van der Waals surface area contributed by atoms with Crippen LogP contribution in [0.3, 0.4) is 0 Å². The normalized spacial score (nSPS) is 10.9. The predicted octanol–water partition coefficient (Wildman–Crippen LogP) is 3.98. The van der Waals surface area contributed by atoms with Crippen molar-refractivity contribution in [2.24, 2.45) is 0 Å². The molecule has 7 heteroatoms. The number of fused-ring (bicyclic) bond motifs is 1. The number of hydrogen-bond acceptors (Lipinski definition) is 5. The van der Waals surface area contributed by atoms with Crippen molar-refractivity contribution >= 4 is 34.3 Å². The molecule has 4 rings (SSSR count). The Morgan fingerprint density at radius 2 is 2.07 bits per heavy atom. The van der Waals surface area contributed by atoms with E-state index in [-0.39, 0.29) is 5.82 Å². The Hall–Kier alpha value is -3.74. The van der Waals surface area contributed by atoms with Gasteiger partial charge in [-0.3, -0.25) is 4.68 Å². The van der Waals surface area contributed by atoms with Crippen molar-refractivity contribution in [3.8, 4) is 0 Å². The zero-order valence-electron chi connectivity index (χ0n) is 14.4. The van der Waals surface area contributed by atoms with E-state index in [1.165, 1.54) is 18.5 Å². The third kappa shape index (κ3) is 3.35. The van der Waals surface area contributed by atoms with E-state index in [1.54, 1.807) is 18.3 Å². The van der Waals surface area contributed by atoms with Crippen LogP contribution in [0.4, 0.5) is 21.7 Å². The molecule has 2 aromatic carbocycles. The maximum absolute atomic E-state index is 13.4. The van der Waals surface area contributed by atoms with E-state index in [4.69, 9.17) is 5.73 Å². The summed E-state index contributed by atoms with van der Waals surface area (Å²) in [6.45, 7) is 4.25. The van der Waals surface area contributed by atoms with Crippen LogP contribution >= 0.6 is 0 Å². The molecule has 2 aromatic heterocycles. The van der Waals surface area contributed by atoms with Crippen LogP contribution in [0.5, 0.6) is 0 Å². The van der Waals surface area contributed by atoms with Crippen molar-refractivity contribution in [2.75, 3.05) is 11.1 Å². The minimum atomic E-state index is -0.252. The van der Waals surface area contributed by atoms with Crippen molar-refractivity contribution in [3.63, 3.8) is 0 Å². The van der Waals surface area contributed by atoms with Gasteiger partial charge in [-0.15, -0.1) is 0 Å². The van der Waals surface area contributed by atoms with Crippen molar-refractivity contribution in [3.05, 3.63) is 78.5 Å². The lowest BCUT2D eigenvalue weighted by atomic mass is 10.2. The maximum atomic E-state index is 13.4. The van der Waals surface area contributed by atoms with Crippen LogP contribution in [-0.4, -0.2) is 19.7 Å². The molecule has 134 valence electrons. The fourth-order valence-electron chi connectivity index (χ4n) is 2.95. The molecule has 0 saturated carbocycles. The van der Waals surface area contributed by atoms with Crippen LogP contribution in [0.2, 0.25) is 0 Å². The maximum Gasteiger partial charge on any atom is 0.143 e. The van der Waals surface area contributed by atoms with Gasteiger partial charge in [0.05, 0.1) is 23.8 Å². The predicted molar refractivity (Wildman–Crippen MR) is 105 cm³/mol. The summed E-state index contributed by atoms with van der Waals surface area (Å²) in [5, 5.41) is 8.61. The summed E-state index contributed by atoms with van der Waals surface area (Å²) in [4.78, 5) is 8.19. The quantitative estimate of drug-likeness (QED) is 0.562. The minimum Gasteiger partial charge on any atom is -0.383 e. The lowest BCUT2D eigenvalue weighted by Crippen LogP contribution is -2.03. The summed E-state index contributed by atoms with van der Waals surface area (Å²) in [5.41, 5.74) is 9.17. The molecule has 0 aliphatic heterocycles. The first-order valence-corrected chi connectivity index (χ1v) is 8.34. The van der Waals surface area contributed by atoms with Gasteiger partial charge in [0.15, 0.2) is 0 Å². The first-order valence-electron chi connectivity index (χ1n) is 8.34. The van der Waals surface area contributed by atoms with Crippen molar-refractivity contribution in [2.45, 2.75) is 6.54 Å². The smallest absolute Gasteiger partial charge is 0.143 e. The molecule has 0 aliphatic carbocycles. The summed E-state index contributed by atoms with van der Waals surface area (Å²) < 4.78 is 15.2. The molecule has 0 spiro atoms. The van der Waals surface area contributed by atoms with Gasteiger partial charge in [0.1, 0.15) is 23.8 Å². The first-order chi connectivity index (χ1) is 13.1. The van der Waals surface area contributed by atoms with E-state index in [0.717, 1.165) is 22.2 Å². The average Bonchev–Trinajstić information content (AvgIpc) is 3.04. The second kappa shape index (κ2) is 6.87. The van der Waals surface area contributed by atoms with E-state index in [9.17, 15) is 4.39 Å². The van der Waals surface area contributed by atoms with E-state index >= 15 is 0 Å². The highest BCUT2D eigenvalue weighted by Gasteiger charge is 2.09. The molecule has 0 radical (unpaired) electrons. The highest BCUT2D eigenvalue weighted by Crippen LogP contribution is 2.25. The molecule has 2 heterocycles. The van der Waals surface area contributed by atoms with Gasteiger partial charge in [0, 0.05) is 11.1 Å². The van der Waals surface area contributed by atoms with Crippen LogP contribution in [0, 0.1) is 5.82 Å². The number of halogens is 1. The number of benzene rings is 2. The number of nitrogens with one attached hydrogen (secondary N) is 1. The fraction of sp³-hybridized carbons (Fsp3) is 0.0500. The third-order valence-corrected chi connectivity index (χ3v) is 4.24. The first kappa shape index (κ1) is 16.7. The second-order valence-corrected chi connectivity index (χ2v) is 6.06. The van der Waals surface area contributed by atoms with E-state index in [0.29, 0.717) is 23.7 Å². The van der Waals surface area contributed by atoms with E-state index in [2.05, 4.69) is 27.0 Å². The van der Waals surface area contributed by atoms with Gasteiger partial charge in [-0.1, -0.05) is 24.8 Å². The van der Waals surface area contributed by atoms with Gasteiger partial charge in [-0.2, -0.15) is 5.10 Å². The number of nitrogens with zero attached hydrogens (tertiary/aromatic N) is 4. The molecular formula is C20H17FN6. The SMILES string of the molecule is C=Cc1c(N)ncnc1Nc1ccc2c(cnn2Cc2cccc(F)c2)c1. The Morgan fingerprint density at radius 1 is 1.19 bits per heavy atom. The summed E-state index contributed by atoms with van der Waals surface area (Å²) in [6, 6.07) is 12.4. The van der Waals surface area contributed by atoms with Crippen LogP contribution in [0.25, 0.3) is 17.0 Å². The summed E-state index contributed by atoms with van der Waals surface area (Å²) >= 11 is 0. The average molecular weight is 360 g/mol. The second-order valence-electron chi connectivity index (χ2n) is 6.06. The van der Waals surface area contributed by atoms with Crippen LogP contribution in [0.15, 0.2) is 61.6 Å². The van der Waals surface area contributed by atoms with Gasteiger partial charge in [-0.05, 0) is 35.9 Å². The van der Waals surface area contributed by atoms with Gasteiger partial charge < -0.3 is 11.1 Å². The Balaban J connectivity index is 1.63. The molecule has 27 heavy (non-hydrogen) atoms. The Labute approximate surface area is 155 Å². The molecule has 0 unspecified atom stereocenters. The zero-order chi connectivity index (χ0) is 18.8. The zero-order valence-corrected chi connectivity index (χ0v) is 14.4. The largest absolute Gasteiger partial charge is 0.383 e. The highest BCUT2D eigenvalue weighted by atomic mass is 19.1. The topological polar surface area (TPSA) is 81.7 Å². The molecule has 6 nitrogen and oxygen atoms in total.